The predicted octanol–water partition coefficient (Wildman–Crippen LogP) is -6.55. The average molecular weight is 488 g/mol. The summed E-state index contributed by atoms with van der Waals surface area (Å²) in [6, 6.07) is 0. The van der Waals surface area contributed by atoms with Crippen molar-refractivity contribution in [2.75, 3.05) is 13.2 Å². The summed E-state index contributed by atoms with van der Waals surface area (Å²) in [5.41, 5.74) is 0. The number of hydrogen-bond acceptors (Lipinski definition) is 15. The average Bonchev–Trinajstić information content (AvgIpc) is 2.79. The SMILES string of the molecule is C[C@@H]1O[C@@H](O[C@H]2[C@H](O)[C@@H](O)[C@H](OC[C@H]3OC(O)[C@H](O)[C@@H](O)[C@H]3O)O[C@@H]2CO)[C@H](O)[C@H](O)[C@H]1O. The first-order valence-corrected chi connectivity index (χ1v) is 10.4. The van der Waals surface area contributed by atoms with Gasteiger partial charge in [-0.3, -0.25) is 0 Å². The molecule has 0 aromatic heterocycles. The molecule has 15 nitrogen and oxygen atoms in total. The van der Waals surface area contributed by atoms with Gasteiger partial charge in [-0.2, -0.15) is 0 Å². The van der Waals surface area contributed by atoms with E-state index in [1.54, 1.807) is 0 Å². The summed E-state index contributed by atoms with van der Waals surface area (Å²) in [5, 5.41) is 99.2. The monoisotopic (exact) mass is 488 g/mol. The lowest BCUT2D eigenvalue weighted by Gasteiger charge is -2.46. The molecule has 0 spiro atoms. The van der Waals surface area contributed by atoms with Crippen molar-refractivity contribution in [3.8, 4) is 0 Å². The standard InChI is InChI=1S/C18H32O15/c1-4-7(20)9(22)13(26)18(30-4)33-15-5(2-19)32-17(14(27)11(15)24)29-3-6-8(21)10(23)12(25)16(28)31-6/h4-28H,2-3H2,1H3/t4-,5+,6+,7-,8-,9+,10-,11+,12+,13+,14+,15+,16?,17+,18-/m0/s1. The van der Waals surface area contributed by atoms with Crippen LogP contribution in [-0.4, -0.2) is 156 Å². The highest BCUT2D eigenvalue weighted by molar-refractivity contribution is 4.94. The fourth-order valence-corrected chi connectivity index (χ4v) is 3.90. The van der Waals surface area contributed by atoms with Gasteiger partial charge in [0.25, 0.3) is 0 Å². The highest BCUT2D eigenvalue weighted by atomic mass is 16.7. The molecule has 3 heterocycles. The van der Waals surface area contributed by atoms with Gasteiger partial charge in [-0.05, 0) is 6.92 Å². The highest BCUT2D eigenvalue weighted by Gasteiger charge is 2.51. The van der Waals surface area contributed by atoms with E-state index in [0.29, 0.717) is 0 Å². The Balaban J connectivity index is 1.62. The fourth-order valence-electron chi connectivity index (χ4n) is 3.90. The molecule has 0 saturated carbocycles. The molecule has 3 saturated heterocycles. The van der Waals surface area contributed by atoms with E-state index in [4.69, 9.17) is 23.7 Å². The Morgan fingerprint density at radius 2 is 1.21 bits per heavy atom. The van der Waals surface area contributed by atoms with Crippen LogP contribution in [-0.2, 0) is 23.7 Å². The van der Waals surface area contributed by atoms with Gasteiger partial charge >= 0.3 is 0 Å². The van der Waals surface area contributed by atoms with Crippen LogP contribution in [0.15, 0.2) is 0 Å². The molecule has 194 valence electrons. The second-order valence-corrected chi connectivity index (χ2v) is 8.36. The van der Waals surface area contributed by atoms with Crippen LogP contribution in [0.1, 0.15) is 6.92 Å². The molecule has 3 fully saturated rings. The van der Waals surface area contributed by atoms with E-state index in [2.05, 4.69) is 0 Å². The summed E-state index contributed by atoms with van der Waals surface area (Å²) in [4.78, 5) is 0. The summed E-state index contributed by atoms with van der Waals surface area (Å²) in [6.07, 6.45) is -23.3. The van der Waals surface area contributed by atoms with Crippen molar-refractivity contribution in [3.63, 3.8) is 0 Å². The van der Waals surface area contributed by atoms with Crippen LogP contribution in [0, 0.1) is 0 Å². The molecule has 15 atom stereocenters. The van der Waals surface area contributed by atoms with Crippen molar-refractivity contribution in [2.45, 2.75) is 99.0 Å². The smallest absolute Gasteiger partial charge is 0.187 e. The van der Waals surface area contributed by atoms with Crippen molar-refractivity contribution in [2.24, 2.45) is 0 Å². The zero-order chi connectivity index (χ0) is 24.6. The summed E-state index contributed by atoms with van der Waals surface area (Å²) in [6.45, 7) is 0.136. The Morgan fingerprint density at radius 1 is 0.606 bits per heavy atom. The molecule has 33 heavy (non-hydrogen) atoms. The summed E-state index contributed by atoms with van der Waals surface area (Å²) >= 11 is 0. The van der Waals surface area contributed by atoms with Crippen molar-refractivity contribution < 1.29 is 74.7 Å². The molecule has 10 N–H and O–H groups in total. The molecule has 0 amide bonds. The molecule has 15 heteroatoms. The molecular weight excluding hydrogens is 456 g/mol. The first-order valence-electron chi connectivity index (χ1n) is 10.4. The third-order valence-electron chi connectivity index (χ3n) is 6.03. The van der Waals surface area contributed by atoms with E-state index in [0.717, 1.165) is 0 Å². The van der Waals surface area contributed by atoms with E-state index in [1.807, 2.05) is 0 Å². The van der Waals surface area contributed by atoms with Crippen LogP contribution in [0.4, 0.5) is 0 Å². The van der Waals surface area contributed by atoms with E-state index < -0.39 is 105 Å². The minimum atomic E-state index is -1.80. The quantitative estimate of drug-likeness (QED) is 0.167. The van der Waals surface area contributed by atoms with Gasteiger partial charge in [0, 0.05) is 0 Å². The molecule has 0 aromatic rings. The van der Waals surface area contributed by atoms with Crippen LogP contribution in [0.2, 0.25) is 0 Å². The Bertz CT molecular complexity index is 622. The number of aliphatic hydroxyl groups is 10. The van der Waals surface area contributed by atoms with Gasteiger partial charge in [0.1, 0.15) is 67.1 Å². The second-order valence-electron chi connectivity index (χ2n) is 8.36. The fraction of sp³-hybridized carbons (Fsp3) is 1.00. The van der Waals surface area contributed by atoms with Crippen LogP contribution < -0.4 is 0 Å². The van der Waals surface area contributed by atoms with Gasteiger partial charge < -0.3 is 74.7 Å². The topological polar surface area (TPSA) is 248 Å². The van der Waals surface area contributed by atoms with Crippen molar-refractivity contribution in [1.29, 1.82) is 0 Å². The van der Waals surface area contributed by atoms with Crippen molar-refractivity contribution >= 4 is 0 Å². The Morgan fingerprint density at radius 3 is 1.85 bits per heavy atom. The molecule has 3 rings (SSSR count). The maximum atomic E-state index is 10.5. The third kappa shape index (κ3) is 5.48. The molecular formula is C18H32O15. The number of rotatable bonds is 6. The molecule has 3 aliphatic rings. The molecule has 1 unspecified atom stereocenters. The molecule has 0 bridgehead atoms. The maximum absolute atomic E-state index is 10.5. The third-order valence-corrected chi connectivity index (χ3v) is 6.03. The molecule has 0 aliphatic carbocycles. The zero-order valence-electron chi connectivity index (χ0n) is 17.6. The second kappa shape index (κ2) is 11.0. The number of ether oxygens (including phenoxy) is 5. The summed E-state index contributed by atoms with van der Waals surface area (Å²) in [7, 11) is 0. The van der Waals surface area contributed by atoms with Crippen LogP contribution in [0.25, 0.3) is 0 Å². The minimum absolute atomic E-state index is 0.549. The summed E-state index contributed by atoms with van der Waals surface area (Å²) < 4.78 is 26.4. The highest BCUT2D eigenvalue weighted by Crippen LogP contribution is 2.30. The molecule has 0 aromatic carbocycles. The summed E-state index contributed by atoms with van der Waals surface area (Å²) in [5.74, 6) is 0. The normalized spacial score (nSPS) is 53.7. The van der Waals surface area contributed by atoms with Gasteiger partial charge in [-0.1, -0.05) is 0 Å². The van der Waals surface area contributed by atoms with E-state index in [-0.39, 0.29) is 0 Å². The van der Waals surface area contributed by atoms with Crippen LogP contribution in [0.3, 0.4) is 0 Å². The number of aliphatic hydroxyl groups excluding tert-OH is 10. The Labute approximate surface area is 187 Å². The van der Waals surface area contributed by atoms with Gasteiger partial charge in [0.15, 0.2) is 18.9 Å². The first kappa shape index (κ1) is 27.0. The predicted molar refractivity (Wildman–Crippen MR) is 99.8 cm³/mol. The molecule has 0 radical (unpaired) electrons. The van der Waals surface area contributed by atoms with Gasteiger partial charge in [-0.15, -0.1) is 0 Å². The lowest BCUT2D eigenvalue weighted by molar-refractivity contribution is -0.361. The maximum Gasteiger partial charge on any atom is 0.187 e. The zero-order valence-corrected chi connectivity index (χ0v) is 17.6. The van der Waals surface area contributed by atoms with Crippen molar-refractivity contribution in [1.82, 2.24) is 0 Å². The van der Waals surface area contributed by atoms with E-state index >= 15 is 0 Å². The minimum Gasteiger partial charge on any atom is -0.394 e. The van der Waals surface area contributed by atoms with E-state index in [1.165, 1.54) is 6.92 Å². The molecule has 3 aliphatic heterocycles. The van der Waals surface area contributed by atoms with Crippen LogP contribution >= 0.6 is 0 Å². The number of hydrogen-bond donors (Lipinski definition) is 10. The largest absolute Gasteiger partial charge is 0.394 e. The van der Waals surface area contributed by atoms with Gasteiger partial charge in [0.2, 0.25) is 0 Å². The lowest BCUT2D eigenvalue weighted by atomic mass is 9.97. The van der Waals surface area contributed by atoms with Gasteiger partial charge in [0.05, 0.1) is 19.3 Å². The Kier molecular flexibility index (Phi) is 8.99. The van der Waals surface area contributed by atoms with Gasteiger partial charge in [-0.25, -0.2) is 0 Å². The van der Waals surface area contributed by atoms with Crippen LogP contribution in [0.5, 0.6) is 0 Å². The lowest BCUT2D eigenvalue weighted by Crippen LogP contribution is -2.64. The first-order chi connectivity index (χ1) is 15.5. The van der Waals surface area contributed by atoms with Crippen molar-refractivity contribution in [3.05, 3.63) is 0 Å². The Hall–Kier alpha value is -0.600. The van der Waals surface area contributed by atoms with E-state index in [9.17, 15) is 51.1 Å².